The summed E-state index contributed by atoms with van der Waals surface area (Å²) in [6, 6.07) is 17.4. The first-order valence-corrected chi connectivity index (χ1v) is 8.83. The number of carbonyl (C=O) groups is 2. The molecule has 1 amide bonds. The fourth-order valence-electron chi connectivity index (χ4n) is 2.66. The van der Waals surface area contributed by atoms with Crippen molar-refractivity contribution in [3.05, 3.63) is 77.6 Å². The van der Waals surface area contributed by atoms with Crippen LogP contribution in [0.3, 0.4) is 0 Å². The Hall–Kier alpha value is -4.01. The van der Waals surface area contributed by atoms with Crippen molar-refractivity contribution in [2.75, 3.05) is 11.5 Å². The maximum Gasteiger partial charge on any atom is 0.308 e. The van der Waals surface area contributed by atoms with E-state index in [1.54, 1.807) is 24.3 Å². The number of amides is 1. The van der Waals surface area contributed by atoms with Crippen molar-refractivity contribution in [3.63, 3.8) is 0 Å². The highest BCUT2D eigenvalue weighted by atomic mass is 16.5. The van der Waals surface area contributed by atoms with Crippen LogP contribution in [0, 0.1) is 0 Å². The van der Waals surface area contributed by atoms with E-state index in [9.17, 15) is 9.59 Å². The molecule has 1 heterocycles. The summed E-state index contributed by atoms with van der Waals surface area (Å²) in [7, 11) is 0. The first kappa shape index (κ1) is 19.7. The number of esters is 1. The summed E-state index contributed by atoms with van der Waals surface area (Å²) in [5, 5.41) is 2.88. The summed E-state index contributed by atoms with van der Waals surface area (Å²) in [4.78, 5) is 36.3. The van der Waals surface area contributed by atoms with E-state index in [0.29, 0.717) is 5.56 Å². The first-order chi connectivity index (χ1) is 14.0. The largest absolute Gasteiger partial charge is 0.457 e. The summed E-state index contributed by atoms with van der Waals surface area (Å²) >= 11 is 0. The van der Waals surface area contributed by atoms with Gasteiger partial charge in [-0.25, -0.2) is 0 Å². The van der Waals surface area contributed by atoms with E-state index in [-0.39, 0.29) is 36.7 Å². The van der Waals surface area contributed by atoms with E-state index < -0.39 is 12.0 Å². The van der Waals surface area contributed by atoms with Gasteiger partial charge in [0.1, 0.15) is 0 Å². The van der Waals surface area contributed by atoms with Gasteiger partial charge in [0.05, 0.1) is 12.5 Å². The minimum atomic E-state index is -0.565. The van der Waals surface area contributed by atoms with Crippen molar-refractivity contribution in [1.82, 2.24) is 20.3 Å². The van der Waals surface area contributed by atoms with E-state index in [1.165, 1.54) is 0 Å². The van der Waals surface area contributed by atoms with Gasteiger partial charge in [-0.15, -0.1) is 0 Å². The Bertz CT molecular complexity index is 962. The number of hydrogen-bond donors (Lipinski definition) is 3. The number of ether oxygens (including phenoxy) is 1. The van der Waals surface area contributed by atoms with Gasteiger partial charge in [0.25, 0.3) is 5.91 Å². The standard InChI is InChI=1S/C20H20N6O3/c21-19-24-16(25-20(22)26-19)12-29-17(27)11-15(13-7-3-1-4-8-13)23-18(28)14-9-5-2-6-10-14/h1-10,15H,11-12H2,(H,23,28)(H4,21,22,24,25,26)/t15-/m1/s1. The number of nitrogens with one attached hydrogen (secondary N) is 1. The fraction of sp³-hybridized carbons (Fsp3) is 0.150. The molecule has 1 aromatic heterocycles. The van der Waals surface area contributed by atoms with E-state index in [2.05, 4.69) is 20.3 Å². The maximum atomic E-state index is 12.5. The van der Waals surface area contributed by atoms with Crippen LogP contribution in [0.5, 0.6) is 0 Å². The molecule has 0 unspecified atom stereocenters. The van der Waals surface area contributed by atoms with Gasteiger partial charge in [-0.2, -0.15) is 15.0 Å². The normalized spacial score (nSPS) is 11.4. The molecule has 0 aliphatic heterocycles. The van der Waals surface area contributed by atoms with Crippen LogP contribution in [0.1, 0.15) is 34.2 Å². The van der Waals surface area contributed by atoms with E-state index in [0.717, 1.165) is 5.56 Å². The Kier molecular flexibility index (Phi) is 6.31. The number of rotatable bonds is 7. The molecule has 0 radical (unpaired) electrons. The minimum Gasteiger partial charge on any atom is -0.457 e. The molecular formula is C20H20N6O3. The topological polar surface area (TPSA) is 146 Å². The molecule has 148 valence electrons. The Balaban J connectivity index is 1.67. The van der Waals surface area contributed by atoms with Gasteiger partial charge < -0.3 is 21.5 Å². The quantitative estimate of drug-likeness (QED) is 0.514. The van der Waals surface area contributed by atoms with Gasteiger partial charge in [-0.1, -0.05) is 48.5 Å². The average molecular weight is 392 g/mol. The molecule has 5 N–H and O–H groups in total. The number of aromatic nitrogens is 3. The number of benzene rings is 2. The van der Waals surface area contributed by atoms with Crippen molar-refractivity contribution in [2.45, 2.75) is 19.1 Å². The summed E-state index contributed by atoms with van der Waals surface area (Å²) in [5.74, 6) is -0.787. The van der Waals surface area contributed by atoms with E-state index in [4.69, 9.17) is 16.2 Å². The second-order valence-corrected chi connectivity index (χ2v) is 6.14. The van der Waals surface area contributed by atoms with Crippen molar-refractivity contribution in [1.29, 1.82) is 0 Å². The fourth-order valence-corrected chi connectivity index (χ4v) is 2.66. The molecular weight excluding hydrogens is 372 g/mol. The Labute approximate surface area is 167 Å². The third-order valence-corrected chi connectivity index (χ3v) is 3.99. The molecule has 9 heteroatoms. The van der Waals surface area contributed by atoms with Gasteiger partial charge in [0.15, 0.2) is 12.4 Å². The number of nitrogen functional groups attached to an aromatic ring is 2. The zero-order chi connectivity index (χ0) is 20.6. The molecule has 0 aliphatic carbocycles. The van der Waals surface area contributed by atoms with Crippen LogP contribution in [0.15, 0.2) is 60.7 Å². The van der Waals surface area contributed by atoms with Gasteiger partial charge in [0, 0.05) is 5.56 Å². The summed E-state index contributed by atoms with van der Waals surface area (Å²) < 4.78 is 5.22. The van der Waals surface area contributed by atoms with Gasteiger partial charge in [-0.05, 0) is 17.7 Å². The lowest BCUT2D eigenvalue weighted by Crippen LogP contribution is -2.30. The van der Waals surface area contributed by atoms with Crippen molar-refractivity contribution >= 4 is 23.8 Å². The first-order valence-electron chi connectivity index (χ1n) is 8.83. The zero-order valence-corrected chi connectivity index (χ0v) is 15.5. The van der Waals surface area contributed by atoms with E-state index >= 15 is 0 Å². The van der Waals surface area contributed by atoms with Crippen LogP contribution >= 0.6 is 0 Å². The van der Waals surface area contributed by atoms with Crippen LogP contribution in [0.25, 0.3) is 0 Å². The molecule has 1 atom stereocenters. The van der Waals surface area contributed by atoms with Crippen LogP contribution in [0.4, 0.5) is 11.9 Å². The Morgan fingerprint density at radius 3 is 2.10 bits per heavy atom. The summed E-state index contributed by atoms with van der Waals surface area (Å²) in [5.41, 5.74) is 12.3. The number of carbonyl (C=O) groups excluding carboxylic acids is 2. The summed E-state index contributed by atoms with van der Waals surface area (Å²) in [6.45, 7) is -0.204. The Morgan fingerprint density at radius 1 is 0.897 bits per heavy atom. The summed E-state index contributed by atoms with van der Waals surface area (Å²) in [6.07, 6.45) is -0.0708. The molecule has 0 bridgehead atoms. The molecule has 9 nitrogen and oxygen atoms in total. The van der Waals surface area contributed by atoms with Crippen LogP contribution in [-0.4, -0.2) is 26.8 Å². The SMILES string of the molecule is Nc1nc(N)nc(COC(=O)C[C@@H](NC(=O)c2ccccc2)c2ccccc2)n1. The lowest BCUT2D eigenvalue weighted by atomic mass is 10.0. The average Bonchev–Trinajstić information content (AvgIpc) is 2.72. The van der Waals surface area contributed by atoms with Crippen molar-refractivity contribution in [2.24, 2.45) is 0 Å². The second kappa shape index (κ2) is 9.27. The smallest absolute Gasteiger partial charge is 0.308 e. The van der Waals surface area contributed by atoms with Crippen LogP contribution < -0.4 is 16.8 Å². The lowest BCUT2D eigenvalue weighted by molar-refractivity contribution is -0.145. The third kappa shape index (κ3) is 5.73. The molecule has 3 rings (SSSR count). The second-order valence-electron chi connectivity index (χ2n) is 6.14. The zero-order valence-electron chi connectivity index (χ0n) is 15.5. The van der Waals surface area contributed by atoms with Crippen LogP contribution in [-0.2, 0) is 16.1 Å². The monoisotopic (exact) mass is 392 g/mol. The third-order valence-electron chi connectivity index (χ3n) is 3.99. The highest BCUT2D eigenvalue weighted by Gasteiger charge is 2.20. The minimum absolute atomic E-state index is 0.0548. The Morgan fingerprint density at radius 2 is 1.48 bits per heavy atom. The molecule has 0 saturated heterocycles. The highest BCUT2D eigenvalue weighted by Crippen LogP contribution is 2.18. The number of hydrogen-bond acceptors (Lipinski definition) is 8. The molecule has 2 aromatic carbocycles. The number of nitrogens with zero attached hydrogens (tertiary/aromatic N) is 3. The number of nitrogens with two attached hydrogens (primary N) is 2. The molecule has 0 spiro atoms. The van der Waals surface area contributed by atoms with Crippen molar-refractivity contribution < 1.29 is 14.3 Å². The molecule has 29 heavy (non-hydrogen) atoms. The maximum absolute atomic E-state index is 12.5. The molecule has 0 saturated carbocycles. The van der Waals surface area contributed by atoms with Gasteiger partial charge >= 0.3 is 5.97 Å². The molecule has 3 aromatic rings. The lowest BCUT2D eigenvalue weighted by Gasteiger charge is -2.18. The number of anilines is 2. The predicted molar refractivity (Wildman–Crippen MR) is 106 cm³/mol. The van der Waals surface area contributed by atoms with E-state index in [1.807, 2.05) is 36.4 Å². The van der Waals surface area contributed by atoms with Gasteiger partial charge in [0.2, 0.25) is 11.9 Å². The predicted octanol–water partition coefficient (Wildman–Crippen LogP) is 1.64. The molecule has 0 aliphatic rings. The van der Waals surface area contributed by atoms with Crippen LogP contribution in [0.2, 0.25) is 0 Å². The molecule has 0 fully saturated rings. The van der Waals surface area contributed by atoms with Gasteiger partial charge in [-0.3, -0.25) is 9.59 Å². The highest BCUT2D eigenvalue weighted by molar-refractivity contribution is 5.94. The van der Waals surface area contributed by atoms with Crippen molar-refractivity contribution in [3.8, 4) is 0 Å².